The maximum atomic E-state index is 5.53. The van der Waals surface area contributed by atoms with E-state index in [0.717, 1.165) is 13.2 Å². The summed E-state index contributed by atoms with van der Waals surface area (Å²) in [5, 5.41) is 0. The lowest BCUT2D eigenvalue weighted by molar-refractivity contribution is 0.127. The van der Waals surface area contributed by atoms with E-state index < -0.39 is 0 Å². The summed E-state index contributed by atoms with van der Waals surface area (Å²) in [5.74, 6) is 0. The van der Waals surface area contributed by atoms with Crippen LogP contribution in [-0.2, 0) is 11.2 Å². The van der Waals surface area contributed by atoms with Gasteiger partial charge in [-0.25, -0.2) is 0 Å². The molecule has 1 aromatic rings. The fourth-order valence-electron chi connectivity index (χ4n) is 1.64. The molecule has 1 rings (SSSR count). The smallest absolute Gasteiger partial charge is 0.139 e. The van der Waals surface area contributed by atoms with E-state index in [4.69, 9.17) is 4.74 Å². The van der Waals surface area contributed by atoms with Crippen LogP contribution in [0.4, 0.5) is 0 Å². The summed E-state index contributed by atoms with van der Waals surface area (Å²) in [5.41, 5.74) is 2.78. The maximum Gasteiger partial charge on any atom is 0.139 e. The van der Waals surface area contributed by atoms with Gasteiger partial charge in [0.05, 0.1) is 0 Å². The molecular weight excluding hydrogens is 195 g/mol. The predicted octanol–water partition coefficient (Wildman–Crippen LogP) is 2.08. The molecule has 2 heteroatoms. The molecule has 0 heterocycles. The van der Waals surface area contributed by atoms with Gasteiger partial charge in [0.1, 0.15) is 7.85 Å². The summed E-state index contributed by atoms with van der Waals surface area (Å²) in [6.45, 7) is 4.05. The first-order valence-electron chi connectivity index (χ1n) is 6.46. The average Bonchev–Trinajstić information content (AvgIpc) is 2.30. The van der Waals surface area contributed by atoms with Crippen LogP contribution in [0.15, 0.2) is 24.3 Å². The van der Waals surface area contributed by atoms with Crippen molar-refractivity contribution in [2.45, 2.75) is 39.0 Å². The van der Waals surface area contributed by atoms with Crippen molar-refractivity contribution in [3.05, 3.63) is 29.8 Å². The summed E-state index contributed by atoms with van der Waals surface area (Å²) in [6, 6.07) is 8.83. The van der Waals surface area contributed by atoms with Crippen molar-refractivity contribution in [1.29, 1.82) is 0 Å². The van der Waals surface area contributed by atoms with E-state index in [0.29, 0.717) is 0 Å². The number of unbranched alkanes of at least 4 members (excludes halogenated alkanes) is 2. The lowest BCUT2D eigenvalue weighted by Gasteiger charge is -2.04. The molecule has 0 aromatic heterocycles. The Morgan fingerprint density at radius 2 is 1.69 bits per heavy atom. The number of aryl methyl sites for hydroxylation is 1. The lowest BCUT2D eigenvalue weighted by Crippen LogP contribution is -2.01. The summed E-state index contributed by atoms with van der Waals surface area (Å²) < 4.78 is 5.53. The van der Waals surface area contributed by atoms with Crippen LogP contribution in [0.3, 0.4) is 0 Å². The zero-order chi connectivity index (χ0) is 11.6. The Morgan fingerprint density at radius 1 is 1.00 bits per heavy atom. The second-order valence-corrected chi connectivity index (χ2v) is 4.41. The van der Waals surface area contributed by atoms with Crippen molar-refractivity contribution >= 4 is 13.3 Å². The van der Waals surface area contributed by atoms with Gasteiger partial charge in [-0.1, -0.05) is 43.1 Å². The van der Waals surface area contributed by atoms with Gasteiger partial charge in [-0.3, -0.25) is 0 Å². The van der Waals surface area contributed by atoms with Gasteiger partial charge in [0, 0.05) is 13.2 Å². The van der Waals surface area contributed by atoms with Crippen LogP contribution in [0, 0.1) is 0 Å². The highest BCUT2D eigenvalue weighted by molar-refractivity contribution is 6.32. The molecule has 0 bridgehead atoms. The predicted molar refractivity (Wildman–Crippen MR) is 73.3 cm³/mol. The third-order valence-corrected chi connectivity index (χ3v) is 2.77. The van der Waals surface area contributed by atoms with Crippen molar-refractivity contribution in [3.8, 4) is 0 Å². The minimum atomic E-state index is 0.922. The number of hydrogen-bond donors (Lipinski definition) is 0. The Kier molecular flexibility index (Phi) is 6.99. The highest BCUT2D eigenvalue weighted by Crippen LogP contribution is 2.03. The van der Waals surface area contributed by atoms with Crippen molar-refractivity contribution in [1.82, 2.24) is 0 Å². The molecule has 1 nitrogen and oxygen atoms in total. The number of rotatable bonds is 8. The van der Waals surface area contributed by atoms with E-state index in [1.165, 1.54) is 43.1 Å². The lowest BCUT2D eigenvalue weighted by atomic mass is 9.94. The van der Waals surface area contributed by atoms with Crippen LogP contribution >= 0.6 is 0 Å². The van der Waals surface area contributed by atoms with Gasteiger partial charge in [-0.2, -0.15) is 0 Å². The van der Waals surface area contributed by atoms with E-state index in [2.05, 4.69) is 39.0 Å². The molecule has 0 spiro atoms. The van der Waals surface area contributed by atoms with Gasteiger partial charge in [0.15, 0.2) is 0 Å². The quantitative estimate of drug-likeness (QED) is 0.479. The molecule has 0 unspecified atom stereocenters. The molecule has 0 aliphatic heterocycles. The molecular formula is C14H23BO. The molecule has 16 heavy (non-hydrogen) atoms. The zero-order valence-corrected chi connectivity index (χ0v) is 10.7. The normalized spacial score (nSPS) is 10.6. The fraction of sp³-hybridized carbons (Fsp3) is 0.571. The first-order chi connectivity index (χ1) is 7.83. The molecule has 0 N–H and O–H groups in total. The van der Waals surface area contributed by atoms with E-state index in [-0.39, 0.29) is 0 Å². The van der Waals surface area contributed by atoms with E-state index in [1.807, 2.05) is 0 Å². The first-order valence-corrected chi connectivity index (χ1v) is 6.46. The Labute approximate surface area is 101 Å². The average molecular weight is 218 g/mol. The van der Waals surface area contributed by atoms with Crippen molar-refractivity contribution < 1.29 is 4.74 Å². The molecule has 0 aliphatic carbocycles. The Morgan fingerprint density at radius 3 is 2.38 bits per heavy atom. The number of benzene rings is 1. The van der Waals surface area contributed by atoms with Crippen LogP contribution in [0.2, 0.25) is 0 Å². The molecule has 0 saturated heterocycles. The maximum absolute atomic E-state index is 5.53. The molecule has 0 radical (unpaired) electrons. The third kappa shape index (κ3) is 5.97. The van der Waals surface area contributed by atoms with Gasteiger partial charge >= 0.3 is 0 Å². The van der Waals surface area contributed by atoms with Crippen LogP contribution in [-0.4, -0.2) is 21.1 Å². The van der Waals surface area contributed by atoms with Crippen molar-refractivity contribution in [2.24, 2.45) is 0 Å². The first kappa shape index (κ1) is 13.3. The van der Waals surface area contributed by atoms with Crippen molar-refractivity contribution in [3.63, 3.8) is 0 Å². The molecule has 0 amide bonds. The second kappa shape index (κ2) is 8.40. The summed E-state index contributed by atoms with van der Waals surface area (Å²) in [4.78, 5) is 0. The van der Waals surface area contributed by atoms with Crippen LogP contribution in [0.25, 0.3) is 0 Å². The van der Waals surface area contributed by atoms with E-state index in [1.54, 1.807) is 0 Å². The van der Waals surface area contributed by atoms with Gasteiger partial charge in [-0.05, 0) is 31.2 Å². The van der Waals surface area contributed by atoms with Gasteiger partial charge in [-0.15, -0.1) is 0 Å². The highest BCUT2D eigenvalue weighted by Gasteiger charge is 1.93. The van der Waals surface area contributed by atoms with Gasteiger partial charge in [0.2, 0.25) is 0 Å². The second-order valence-electron chi connectivity index (χ2n) is 4.41. The van der Waals surface area contributed by atoms with Crippen LogP contribution in [0.5, 0.6) is 0 Å². The molecule has 0 atom stereocenters. The summed E-state index contributed by atoms with van der Waals surface area (Å²) >= 11 is 0. The largest absolute Gasteiger partial charge is 0.381 e. The fourth-order valence-corrected chi connectivity index (χ4v) is 1.64. The summed E-state index contributed by atoms with van der Waals surface area (Å²) in [7, 11) is 2.13. The standard InChI is InChI=1S/C14H23BO/c1-2-3-11-16-12-5-4-6-13-7-9-14(15)10-8-13/h7-10H,2-6,11-12,15H2,1H3. The van der Waals surface area contributed by atoms with Gasteiger partial charge < -0.3 is 4.74 Å². The number of hydrogen-bond acceptors (Lipinski definition) is 1. The van der Waals surface area contributed by atoms with Crippen LogP contribution in [0.1, 0.15) is 38.2 Å². The minimum Gasteiger partial charge on any atom is -0.381 e. The van der Waals surface area contributed by atoms with Crippen molar-refractivity contribution in [2.75, 3.05) is 13.2 Å². The monoisotopic (exact) mass is 218 g/mol. The number of ether oxygens (including phenoxy) is 1. The molecule has 88 valence electrons. The zero-order valence-electron chi connectivity index (χ0n) is 10.7. The minimum absolute atomic E-state index is 0.922. The van der Waals surface area contributed by atoms with Gasteiger partial charge in [0.25, 0.3) is 0 Å². The van der Waals surface area contributed by atoms with E-state index in [9.17, 15) is 0 Å². The van der Waals surface area contributed by atoms with E-state index >= 15 is 0 Å². The Bertz CT molecular complexity index is 269. The molecule has 0 aliphatic rings. The molecule has 0 saturated carbocycles. The molecule has 1 aromatic carbocycles. The highest BCUT2D eigenvalue weighted by atomic mass is 16.5. The van der Waals surface area contributed by atoms with Crippen LogP contribution < -0.4 is 5.46 Å². The Hall–Kier alpha value is -0.755. The Balaban J connectivity index is 2.01. The SMILES string of the molecule is Bc1ccc(CCCCOCCCC)cc1. The third-order valence-electron chi connectivity index (χ3n) is 2.77. The topological polar surface area (TPSA) is 9.23 Å². The molecule has 0 fully saturated rings. The summed E-state index contributed by atoms with van der Waals surface area (Å²) in [6.07, 6.45) is 6.01.